The highest BCUT2D eigenvalue weighted by Crippen LogP contribution is 2.30. The van der Waals surface area contributed by atoms with Gasteiger partial charge in [-0.1, -0.05) is 42.6 Å². The van der Waals surface area contributed by atoms with Gasteiger partial charge in [-0.15, -0.1) is 0 Å². The molecule has 1 N–H and O–H groups in total. The number of halogens is 2. The minimum atomic E-state index is -3.81. The van der Waals surface area contributed by atoms with E-state index in [0.29, 0.717) is 10.4 Å². The third-order valence-electron chi connectivity index (χ3n) is 4.20. The summed E-state index contributed by atoms with van der Waals surface area (Å²) < 4.78 is 41.7. The Balaban J connectivity index is 2.22. The summed E-state index contributed by atoms with van der Waals surface area (Å²) in [6, 6.07) is 3.87. The van der Waals surface area contributed by atoms with E-state index in [2.05, 4.69) is 34.5 Å². The van der Waals surface area contributed by atoms with Crippen molar-refractivity contribution in [1.29, 1.82) is 0 Å². The van der Waals surface area contributed by atoms with Gasteiger partial charge < -0.3 is 0 Å². The first-order valence-electron chi connectivity index (χ1n) is 6.78. The van der Waals surface area contributed by atoms with Crippen LogP contribution in [-0.2, 0) is 10.0 Å². The molecule has 3 unspecified atom stereocenters. The van der Waals surface area contributed by atoms with Crippen LogP contribution in [0.25, 0.3) is 0 Å². The van der Waals surface area contributed by atoms with Crippen molar-refractivity contribution in [1.82, 2.24) is 4.72 Å². The lowest BCUT2D eigenvalue weighted by Crippen LogP contribution is -2.43. The fourth-order valence-electron chi connectivity index (χ4n) is 2.70. The Kier molecular flexibility index (Phi) is 4.87. The lowest BCUT2D eigenvalue weighted by molar-refractivity contribution is 0.227. The lowest BCUT2D eigenvalue weighted by atomic mass is 9.78. The summed E-state index contributed by atoms with van der Waals surface area (Å²) in [4.78, 5) is -0.286. The van der Waals surface area contributed by atoms with E-state index in [-0.39, 0.29) is 16.9 Å². The van der Waals surface area contributed by atoms with Gasteiger partial charge in [0.15, 0.2) is 0 Å². The molecule has 3 nitrogen and oxygen atoms in total. The van der Waals surface area contributed by atoms with Crippen molar-refractivity contribution in [2.75, 3.05) is 0 Å². The second-order valence-electron chi connectivity index (χ2n) is 5.57. The summed E-state index contributed by atoms with van der Waals surface area (Å²) in [5.41, 5.74) is 0. The van der Waals surface area contributed by atoms with Crippen molar-refractivity contribution in [3.63, 3.8) is 0 Å². The molecule has 0 radical (unpaired) electrons. The molecule has 1 aromatic rings. The molecule has 112 valence electrons. The maximum absolute atomic E-state index is 13.8. The third-order valence-corrected chi connectivity index (χ3v) is 6.21. The standard InChI is InChI=1S/C14H19BrFNO2S/c1-9-4-3-5-13(10(9)2)17-20(18,19)14-7-6-11(15)8-12(14)16/h6-10,13,17H,3-5H2,1-2H3. The van der Waals surface area contributed by atoms with Crippen LogP contribution in [0.4, 0.5) is 4.39 Å². The molecule has 0 amide bonds. The summed E-state index contributed by atoms with van der Waals surface area (Å²) in [6.07, 6.45) is 2.93. The van der Waals surface area contributed by atoms with Crippen molar-refractivity contribution in [3.05, 3.63) is 28.5 Å². The predicted molar refractivity (Wildman–Crippen MR) is 80.4 cm³/mol. The summed E-state index contributed by atoms with van der Waals surface area (Å²) in [6.45, 7) is 4.18. The van der Waals surface area contributed by atoms with E-state index >= 15 is 0 Å². The normalized spacial score (nSPS) is 27.5. The van der Waals surface area contributed by atoms with E-state index in [4.69, 9.17) is 0 Å². The number of sulfonamides is 1. The van der Waals surface area contributed by atoms with E-state index in [9.17, 15) is 12.8 Å². The zero-order chi connectivity index (χ0) is 14.9. The van der Waals surface area contributed by atoms with Crippen LogP contribution in [0.5, 0.6) is 0 Å². The number of rotatable bonds is 3. The Morgan fingerprint density at radius 2 is 2.00 bits per heavy atom. The Bertz CT molecular complexity index is 591. The van der Waals surface area contributed by atoms with Crippen LogP contribution in [0.3, 0.4) is 0 Å². The number of hydrogen-bond donors (Lipinski definition) is 1. The average Bonchev–Trinajstić information content (AvgIpc) is 2.34. The smallest absolute Gasteiger partial charge is 0.208 e. The van der Waals surface area contributed by atoms with Crippen LogP contribution in [0.2, 0.25) is 0 Å². The zero-order valence-corrected chi connectivity index (χ0v) is 14.0. The monoisotopic (exact) mass is 363 g/mol. The number of benzene rings is 1. The molecule has 6 heteroatoms. The Morgan fingerprint density at radius 3 is 2.65 bits per heavy atom. The van der Waals surface area contributed by atoms with Crippen molar-refractivity contribution in [2.24, 2.45) is 11.8 Å². The molecule has 1 saturated carbocycles. The molecule has 0 aromatic heterocycles. The van der Waals surface area contributed by atoms with Gasteiger partial charge in [0.05, 0.1) is 0 Å². The van der Waals surface area contributed by atoms with Gasteiger partial charge in [0.25, 0.3) is 0 Å². The fraction of sp³-hybridized carbons (Fsp3) is 0.571. The van der Waals surface area contributed by atoms with Gasteiger partial charge in [-0.3, -0.25) is 0 Å². The largest absolute Gasteiger partial charge is 0.243 e. The van der Waals surface area contributed by atoms with E-state index in [1.54, 1.807) is 0 Å². The molecule has 0 aliphatic heterocycles. The summed E-state index contributed by atoms with van der Waals surface area (Å²) in [5.74, 6) is 0.00614. The zero-order valence-electron chi connectivity index (χ0n) is 11.6. The highest BCUT2D eigenvalue weighted by Gasteiger charge is 2.31. The van der Waals surface area contributed by atoms with Gasteiger partial charge in [-0.2, -0.15) is 0 Å². The molecule has 1 aromatic carbocycles. The van der Waals surface area contributed by atoms with Crippen LogP contribution in [0.15, 0.2) is 27.6 Å². The molecule has 2 rings (SSSR count). The van der Waals surface area contributed by atoms with Gasteiger partial charge in [0, 0.05) is 10.5 Å². The summed E-state index contributed by atoms with van der Waals surface area (Å²) in [5, 5.41) is 0. The molecule has 0 bridgehead atoms. The van der Waals surface area contributed by atoms with Gasteiger partial charge in [0.1, 0.15) is 10.7 Å². The van der Waals surface area contributed by atoms with Crippen molar-refractivity contribution >= 4 is 26.0 Å². The maximum Gasteiger partial charge on any atom is 0.243 e. The highest BCUT2D eigenvalue weighted by molar-refractivity contribution is 9.10. The molecule has 1 aliphatic rings. The number of nitrogens with one attached hydrogen (secondary N) is 1. The van der Waals surface area contributed by atoms with Gasteiger partial charge in [0.2, 0.25) is 10.0 Å². The molecule has 0 saturated heterocycles. The van der Waals surface area contributed by atoms with Gasteiger partial charge in [-0.05, 0) is 36.5 Å². The van der Waals surface area contributed by atoms with E-state index < -0.39 is 15.8 Å². The molecule has 3 atom stereocenters. The van der Waals surface area contributed by atoms with E-state index in [1.165, 1.54) is 18.2 Å². The fourth-order valence-corrected chi connectivity index (χ4v) is 4.46. The van der Waals surface area contributed by atoms with Crippen LogP contribution >= 0.6 is 15.9 Å². The Labute approximate surface area is 128 Å². The predicted octanol–water partition coefficient (Wildman–Crippen LogP) is 3.69. The minimum Gasteiger partial charge on any atom is -0.208 e. The first-order valence-corrected chi connectivity index (χ1v) is 9.06. The molecule has 20 heavy (non-hydrogen) atoms. The average molecular weight is 364 g/mol. The SMILES string of the molecule is CC1CCCC(NS(=O)(=O)c2ccc(Br)cc2F)C1C. The molecular weight excluding hydrogens is 345 g/mol. The Morgan fingerprint density at radius 1 is 1.30 bits per heavy atom. The van der Waals surface area contributed by atoms with Crippen LogP contribution in [-0.4, -0.2) is 14.5 Å². The quantitative estimate of drug-likeness (QED) is 0.889. The summed E-state index contributed by atoms with van der Waals surface area (Å²) in [7, 11) is -3.81. The van der Waals surface area contributed by atoms with Gasteiger partial charge >= 0.3 is 0 Å². The molecule has 0 heterocycles. The van der Waals surface area contributed by atoms with Crippen LogP contribution in [0, 0.1) is 17.7 Å². The van der Waals surface area contributed by atoms with Gasteiger partial charge in [-0.25, -0.2) is 17.5 Å². The second-order valence-corrected chi connectivity index (χ2v) is 8.17. The molecule has 0 spiro atoms. The van der Waals surface area contributed by atoms with Crippen molar-refractivity contribution < 1.29 is 12.8 Å². The first kappa shape index (κ1) is 15.9. The minimum absolute atomic E-state index is 0.119. The van der Waals surface area contributed by atoms with E-state index in [1.807, 2.05) is 0 Å². The molecule has 1 fully saturated rings. The van der Waals surface area contributed by atoms with Crippen LogP contribution < -0.4 is 4.72 Å². The molecule has 1 aliphatic carbocycles. The molecular formula is C14H19BrFNO2S. The second kappa shape index (κ2) is 6.12. The topological polar surface area (TPSA) is 46.2 Å². The Hall–Kier alpha value is -0.460. The maximum atomic E-state index is 13.8. The lowest BCUT2D eigenvalue weighted by Gasteiger charge is -2.34. The summed E-state index contributed by atoms with van der Waals surface area (Å²) >= 11 is 3.12. The van der Waals surface area contributed by atoms with Crippen LogP contribution in [0.1, 0.15) is 33.1 Å². The third kappa shape index (κ3) is 3.40. The van der Waals surface area contributed by atoms with Crippen molar-refractivity contribution in [2.45, 2.75) is 44.0 Å². The first-order chi connectivity index (χ1) is 9.31. The highest BCUT2D eigenvalue weighted by atomic mass is 79.9. The van der Waals surface area contributed by atoms with Crippen molar-refractivity contribution in [3.8, 4) is 0 Å². The number of hydrogen-bond acceptors (Lipinski definition) is 2. The van der Waals surface area contributed by atoms with E-state index in [0.717, 1.165) is 19.3 Å².